The number of methoxy groups -OCH3 is 2. The van der Waals surface area contributed by atoms with Crippen molar-refractivity contribution in [3.05, 3.63) is 82.5 Å². The number of carbonyl (C=O) groups excluding carboxylic acids is 1. The van der Waals surface area contributed by atoms with Crippen LogP contribution in [-0.4, -0.2) is 26.7 Å². The normalized spacial score (nSPS) is 16.9. The number of allylic oxidation sites excluding steroid dienone is 9. The van der Waals surface area contributed by atoms with Crippen molar-refractivity contribution in [3.63, 3.8) is 0 Å². The lowest BCUT2D eigenvalue weighted by molar-refractivity contribution is -0.116. The highest BCUT2D eigenvalue weighted by molar-refractivity contribution is 5.88. The van der Waals surface area contributed by atoms with E-state index in [9.17, 15) is 4.79 Å². The van der Waals surface area contributed by atoms with Gasteiger partial charge in [-0.05, 0) is 80.7 Å². The molecule has 1 aliphatic carbocycles. The number of nitrogens with one attached hydrogen (secondary N) is 1. The number of carbonyl (C=O) groups is 1. The van der Waals surface area contributed by atoms with Gasteiger partial charge in [0.15, 0.2) is 11.5 Å². The molecule has 0 radical (unpaired) electrons. The molecule has 4 heteroatoms. The molecule has 0 saturated heterocycles. The molecule has 1 aliphatic rings. The minimum Gasteiger partial charge on any atom is -0.493 e. The molecule has 0 unspecified atom stereocenters. The highest BCUT2D eigenvalue weighted by Crippen LogP contribution is 2.40. The Kier molecular flexibility index (Phi) is 10.4. The molecule has 1 aromatic rings. The second-order valence-electron chi connectivity index (χ2n) is 9.65. The fourth-order valence-corrected chi connectivity index (χ4v) is 4.30. The zero-order valence-corrected chi connectivity index (χ0v) is 22.0. The van der Waals surface area contributed by atoms with Crippen molar-refractivity contribution in [3.8, 4) is 11.5 Å². The van der Waals surface area contributed by atoms with E-state index >= 15 is 0 Å². The van der Waals surface area contributed by atoms with Crippen molar-refractivity contribution in [1.29, 1.82) is 0 Å². The number of rotatable bonds is 10. The number of amides is 1. The van der Waals surface area contributed by atoms with E-state index in [1.807, 2.05) is 37.3 Å². The summed E-state index contributed by atoms with van der Waals surface area (Å²) in [6, 6.07) is 5.79. The van der Waals surface area contributed by atoms with Gasteiger partial charge < -0.3 is 14.8 Å². The van der Waals surface area contributed by atoms with Crippen LogP contribution in [0.15, 0.2) is 76.9 Å². The topological polar surface area (TPSA) is 47.6 Å². The van der Waals surface area contributed by atoms with Gasteiger partial charge in [-0.25, -0.2) is 0 Å². The van der Waals surface area contributed by atoms with Crippen molar-refractivity contribution in [2.24, 2.45) is 5.41 Å². The van der Waals surface area contributed by atoms with Gasteiger partial charge in [0.05, 0.1) is 14.2 Å². The Labute approximate surface area is 206 Å². The quantitative estimate of drug-likeness (QED) is 0.303. The van der Waals surface area contributed by atoms with Crippen LogP contribution in [-0.2, 0) is 11.2 Å². The molecule has 184 valence electrons. The Hall–Kier alpha value is -3.01. The molecule has 0 aromatic heterocycles. The van der Waals surface area contributed by atoms with Crippen molar-refractivity contribution in [2.45, 2.75) is 60.3 Å². The summed E-state index contributed by atoms with van der Waals surface area (Å²) in [5.74, 6) is 1.30. The molecule has 0 saturated carbocycles. The lowest BCUT2D eigenvalue weighted by atomic mass is 9.72. The highest BCUT2D eigenvalue weighted by Gasteiger charge is 2.26. The molecule has 4 nitrogen and oxygen atoms in total. The lowest BCUT2D eigenvalue weighted by Crippen LogP contribution is -2.23. The van der Waals surface area contributed by atoms with Crippen molar-refractivity contribution in [2.75, 3.05) is 20.8 Å². The molecule has 0 spiro atoms. The summed E-state index contributed by atoms with van der Waals surface area (Å²) in [7, 11) is 3.24. The summed E-state index contributed by atoms with van der Waals surface area (Å²) in [5, 5.41) is 2.94. The first-order chi connectivity index (χ1) is 16.2. The molecule has 1 N–H and O–H groups in total. The maximum Gasteiger partial charge on any atom is 0.244 e. The Morgan fingerprint density at radius 1 is 1.09 bits per heavy atom. The minimum atomic E-state index is -0.0924. The Morgan fingerprint density at radius 3 is 2.50 bits per heavy atom. The molecule has 0 bridgehead atoms. The van der Waals surface area contributed by atoms with Crippen LogP contribution in [0, 0.1) is 5.41 Å². The maximum atomic E-state index is 12.2. The zero-order chi connectivity index (χ0) is 25.1. The molecule has 2 rings (SSSR count). The summed E-state index contributed by atoms with van der Waals surface area (Å²) < 4.78 is 10.6. The van der Waals surface area contributed by atoms with Crippen molar-refractivity contribution in [1.82, 2.24) is 5.32 Å². The fourth-order valence-electron chi connectivity index (χ4n) is 4.30. The summed E-state index contributed by atoms with van der Waals surface area (Å²) in [4.78, 5) is 12.2. The summed E-state index contributed by atoms with van der Waals surface area (Å²) in [6.45, 7) is 11.5. The van der Waals surface area contributed by atoms with Crippen LogP contribution in [0.4, 0.5) is 0 Å². The highest BCUT2D eigenvalue weighted by atomic mass is 16.5. The van der Waals surface area contributed by atoms with E-state index in [0.717, 1.165) is 17.6 Å². The van der Waals surface area contributed by atoms with Gasteiger partial charge in [-0.2, -0.15) is 0 Å². The van der Waals surface area contributed by atoms with Gasteiger partial charge in [-0.15, -0.1) is 0 Å². The Bertz CT molecular complexity index is 1010. The number of hydrogen-bond acceptors (Lipinski definition) is 3. The van der Waals surface area contributed by atoms with Crippen molar-refractivity contribution >= 4 is 5.91 Å². The van der Waals surface area contributed by atoms with E-state index < -0.39 is 0 Å². The molecular weight excluding hydrogens is 422 g/mol. The van der Waals surface area contributed by atoms with Crippen LogP contribution in [0.1, 0.15) is 59.4 Å². The second kappa shape index (κ2) is 13.0. The molecule has 0 atom stereocenters. The maximum absolute atomic E-state index is 12.2. The number of benzene rings is 1. The van der Waals surface area contributed by atoms with Gasteiger partial charge in [-0.1, -0.05) is 61.4 Å². The predicted molar refractivity (Wildman–Crippen MR) is 142 cm³/mol. The smallest absolute Gasteiger partial charge is 0.244 e. The van der Waals surface area contributed by atoms with Crippen LogP contribution < -0.4 is 14.8 Å². The van der Waals surface area contributed by atoms with Crippen LogP contribution in [0.2, 0.25) is 0 Å². The summed E-state index contributed by atoms with van der Waals surface area (Å²) in [6.07, 6.45) is 16.6. The standard InChI is InChI=1S/C30H41NO3/c1-22(13-15-26-24(3)12-9-18-30(26,4)5)10-8-11-23(2)20-29(32)31-19-17-25-14-16-27(33-6)28(21-25)34-7/h8,10-11,13-16,20-21H,9,12,17-19H2,1-7H3,(H,31,32)/b11-8+,15-13+,22-10-,23-20+. The first-order valence-corrected chi connectivity index (χ1v) is 12.1. The minimum absolute atomic E-state index is 0.0924. The lowest BCUT2D eigenvalue weighted by Gasteiger charge is -2.32. The first-order valence-electron chi connectivity index (χ1n) is 12.1. The monoisotopic (exact) mass is 463 g/mol. The predicted octanol–water partition coefficient (Wildman–Crippen LogP) is 6.89. The van der Waals surface area contributed by atoms with Crippen LogP contribution >= 0.6 is 0 Å². The van der Waals surface area contributed by atoms with E-state index in [1.165, 1.54) is 36.0 Å². The van der Waals surface area contributed by atoms with Crippen LogP contribution in [0.3, 0.4) is 0 Å². The third kappa shape index (κ3) is 8.40. The molecule has 34 heavy (non-hydrogen) atoms. The van der Waals surface area contributed by atoms with E-state index in [-0.39, 0.29) is 11.3 Å². The first kappa shape index (κ1) is 27.2. The van der Waals surface area contributed by atoms with Gasteiger partial charge in [0.2, 0.25) is 5.91 Å². The summed E-state index contributed by atoms with van der Waals surface area (Å²) >= 11 is 0. The average molecular weight is 464 g/mol. The molecule has 0 aliphatic heterocycles. The molecule has 0 fully saturated rings. The SMILES string of the molecule is COc1ccc(CCNC(=O)/C=C(C)/C=C/C=C(C)\C=C\C2=C(C)CCCC2(C)C)cc1OC. The third-order valence-electron chi connectivity index (χ3n) is 6.29. The Morgan fingerprint density at radius 2 is 1.82 bits per heavy atom. The van der Waals surface area contributed by atoms with E-state index in [2.05, 4.69) is 51.2 Å². The van der Waals surface area contributed by atoms with Crippen LogP contribution in [0.25, 0.3) is 0 Å². The number of hydrogen-bond donors (Lipinski definition) is 1. The average Bonchev–Trinajstić information content (AvgIpc) is 2.78. The Balaban J connectivity index is 1.86. The molecule has 1 aromatic carbocycles. The third-order valence-corrected chi connectivity index (χ3v) is 6.29. The largest absolute Gasteiger partial charge is 0.493 e. The molecular formula is C30H41NO3. The van der Waals surface area contributed by atoms with Gasteiger partial charge in [0.25, 0.3) is 0 Å². The van der Waals surface area contributed by atoms with E-state index in [4.69, 9.17) is 9.47 Å². The van der Waals surface area contributed by atoms with Gasteiger partial charge in [0.1, 0.15) is 0 Å². The van der Waals surface area contributed by atoms with Gasteiger partial charge >= 0.3 is 0 Å². The molecule has 1 amide bonds. The number of ether oxygens (including phenoxy) is 2. The van der Waals surface area contributed by atoms with E-state index in [0.29, 0.717) is 18.0 Å². The molecule has 0 heterocycles. The summed E-state index contributed by atoms with van der Waals surface area (Å²) in [5.41, 5.74) is 6.40. The second-order valence-corrected chi connectivity index (χ2v) is 9.65. The van der Waals surface area contributed by atoms with E-state index in [1.54, 1.807) is 20.3 Å². The zero-order valence-electron chi connectivity index (χ0n) is 22.0. The van der Waals surface area contributed by atoms with Crippen LogP contribution in [0.5, 0.6) is 11.5 Å². The van der Waals surface area contributed by atoms with Gasteiger partial charge in [0, 0.05) is 12.6 Å². The van der Waals surface area contributed by atoms with Gasteiger partial charge in [-0.3, -0.25) is 4.79 Å². The fraction of sp³-hybridized carbons (Fsp3) is 0.433. The van der Waals surface area contributed by atoms with Crippen molar-refractivity contribution < 1.29 is 14.3 Å².